The van der Waals surface area contributed by atoms with Gasteiger partial charge in [-0.3, -0.25) is 15.0 Å². The summed E-state index contributed by atoms with van der Waals surface area (Å²) < 4.78 is 7.00. The molecule has 27 heavy (non-hydrogen) atoms. The van der Waals surface area contributed by atoms with Crippen LogP contribution >= 0.6 is 0 Å². The van der Waals surface area contributed by atoms with Crippen LogP contribution in [0.4, 0.5) is 0 Å². The number of aryl methyl sites for hydroxylation is 3. The summed E-state index contributed by atoms with van der Waals surface area (Å²) in [6, 6.07) is 9.36. The molecule has 0 aliphatic carbocycles. The van der Waals surface area contributed by atoms with E-state index in [4.69, 9.17) is 9.72 Å². The average Bonchev–Trinajstić information content (AvgIpc) is 3.29. The first-order valence-electron chi connectivity index (χ1n) is 8.89. The van der Waals surface area contributed by atoms with E-state index < -0.39 is 0 Å². The molecule has 7 heteroatoms. The van der Waals surface area contributed by atoms with Gasteiger partial charge in [-0.2, -0.15) is 5.10 Å². The number of hydrogen-bond acceptors (Lipinski definition) is 4. The number of aromatic nitrogens is 5. The summed E-state index contributed by atoms with van der Waals surface area (Å²) in [7, 11) is 1.64. The summed E-state index contributed by atoms with van der Waals surface area (Å²) in [5, 5.41) is 9.90. The Kier molecular flexibility index (Phi) is 4.50. The molecule has 0 bridgehead atoms. The van der Waals surface area contributed by atoms with Crippen molar-refractivity contribution in [1.82, 2.24) is 24.8 Å². The van der Waals surface area contributed by atoms with Crippen LogP contribution in [0.15, 0.2) is 47.5 Å². The van der Waals surface area contributed by atoms with Gasteiger partial charge in [0, 0.05) is 29.2 Å². The molecule has 1 aromatic carbocycles. The normalized spacial score (nSPS) is 11.2. The summed E-state index contributed by atoms with van der Waals surface area (Å²) in [6.07, 6.45) is 6.23. The maximum Gasteiger partial charge on any atom is 0.272 e. The van der Waals surface area contributed by atoms with Gasteiger partial charge in [-0.05, 0) is 37.8 Å². The lowest BCUT2D eigenvalue weighted by atomic mass is 10.0. The molecule has 0 spiro atoms. The molecule has 0 aliphatic heterocycles. The van der Waals surface area contributed by atoms with E-state index in [0.29, 0.717) is 5.65 Å². The van der Waals surface area contributed by atoms with E-state index in [1.54, 1.807) is 13.2 Å². The predicted molar refractivity (Wildman–Crippen MR) is 103 cm³/mol. The van der Waals surface area contributed by atoms with Crippen LogP contribution in [0.2, 0.25) is 0 Å². The molecule has 0 unspecified atom stereocenters. The van der Waals surface area contributed by atoms with Gasteiger partial charge in [-0.1, -0.05) is 18.2 Å². The van der Waals surface area contributed by atoms with Crippen molar-refractivity contribution in [3.05, 3.63) is 70.0 Å². The Bertz CT molecular complexity index is 1130. The summed E-state index contributed by atoms with van der Waals surface area (Å²) in [5.41, 5.74) is 5.14. The van der Waals surface area contributed by atoms with Crippen LogP contribution in [-0.4, -0.2) is 31.9 Å². The van der Waals surface area contributed by atoms with Crippen LogP contribution in [0, 0.1) is 6.92 Å². The molecule has 3 heterocycles. The van der Waals surface area contributed by atoms with Gasteiger partial charge in [0.15, 0.2) is 5.65 Å². The molecule has 3 aromatic heterocycles. The standard InChI is InChI=1S/C20H21N5O2/c1-13-19(16-8-3-4-9-17(16)27-2)20-23-15(10-18(26)25(20)24-13)7-5-6-14-11-21-22-12-14/h3-4,8-12,24H,5-7H2,1-2H3,(H,21,22). The van der Waals surface area contributed by atoms with Crippen molar-refractivity contribution in [2.45, 2.75) is 26.2 Å². The minimum Gasteiger partial charge on any atom is -0.496 e. The van der Waals surface area contributed by atoms with E-state index in [0.717, 1.165) is 53.1 Å². The molecular weight excluding hydrogens is 342 g/mol. The molecule has 0 radical (unpaired) electrons. The van der Waals surface area contributed by atoms with Crippen molar-refractivity contribution in [2.75, 3.05) is 7.11 Å². The third kappa shape index (κ3) is 3.23. The summed E-state index contributed by atoms with van der Waals surface area (Å²) in [4.78, 5) is 17.4. The maximum atomic E-state index is 12.6. The third-order valence-corrected chi connectivity index (χ3v) is 4.68. The van der Waals surface area contributed by atoms with Crippen LogP contribution in [-0.2, 0) is 12.8 Å². The number of H-pyrrole nitrogens is 2. The Morgan fingerprint density at radius 2 is 2.07 bits per heavy atom. The number of nitrogens with zero attached hydrogens (tertiary/aromatic N) is 3. The quantitative estimate of drug-likeness (QED) is 0.551. The van der Waals surface area contributed by atoms with Gasteiger partial charge >= 0.3 is 0 Å². The van der Waals surface area contributed by atoms with Crippen LogP contribution in [0.3, 0.4) is 0 Å². The van der Waals surface area contributed by atoms with Gasteiger partial charge in [0.1, 0.15) is 5.75 Å². The summed E-state index contributed by atoms with van der Waals surface area (Å²) in [5.74, 6) is 0.752. The fourth-order valence-corrected chi connectivity index (χ4v) is 3.39. The third-order valence-electron chi connectivity index (χ3n) is 4.68. The van der Waals surface area contributed by atoms with E-state index in [9.17, 15) is 4.79 Å². The summed E-state index contributed by atoms with van der Waals surface area (Å²) >= 11 is 0. The lowest BCUT2D eigenvalue weighted by molar-refractivity contribution is 0.416. The number of benzene rings is 1. The zero-order valence-electron chi connectivity index (χ0n) is 15.3. The van der Waals surface area contributed by atoms with Crippen molar-refractivity contribution >= 4 is 5.65 Å². The topological polar surface area (TPSA) is 88.1 Å². The molecule has 0 saturated carbocycles. The van der Waals surface area contributed by atoms with E-state index in [-0.39, 0.29) is 5.56 Å². The van der Waals surface area contributed by atoms with Gasteiger partial charge in [0.05, 0.1) is 18.9 Å². The average molecular weight is 363 g/mol. The van der Waals surface area contributed by atoms with E-state index in [1.807, 2.05) is 43.6 Å². The Labute approximate surface area is 156 Å². The Hall–Kier alpha value is -3.35. The second-order valence-corrected chi connectivity index (χ2v) is 6.52. The Morgan fingerprint density at radius 3 is 2.85 bits per heavy atom. The zero-order valence-corrected chi connectivity index (χ0v) is 15.3. The highest BCUT2D eigenvalue weighted by Crippen LogP contribution is 2.33. The lowest BCUT2D eigenvalue weighted by Crippen LogP contribution is -2.15. The minimum absolute atomic E-state index is 0.109. The predicted octanol–water partition coefficient (Wildman–Crippen LogP) is 2.91. The number of para-hydroxylation sites is 1. The number of hydrogen-bond donors (Lipinski definition) is 2. The van der Waals surface area contributed by atoms with E-state index in [1.165, 1.54) is 4.52 Å². The number of nitrogens with one attached hydrogen (secondary N) is 2. The smallest absolute Gasteiger partial charge is 0.272 e. The second-order valence-electron chi connectivity index (χ2n) is 6.52. The molecule has 0 saturated heterocycles. The van der Waals surface area contributed by atoms with Gasteiger partial charge in [-0.15, -0.1) is 0 Å². The highest BCUT2D eigenvalue weighted by Gasteiger charge is 2.17. The van der Waals surface area contributed by atoms with Gasteiger partial charge in [0.2, 0.25) is 0 Å². The maximum absolute atomic E-state index is 12.6. The molecule has 4 aromatic rings. The monoisotopic (exact) mass is 363 g/mol. The Balaban J connectivity index is 1.73. The SMILES string of the molecule is COc1ccccc1-c1c(C)[nH]n2c(=O)cc(CCCc3cn[nH]c3)nc12. The van der Waals surface area contributed by atoms with Crippen LogP contribution in [0.5, 0.6) is 5.75 Å². The first-order valence-corrected chi connectivity index (χ1v) is 8.89. The van der Waals surface area contributed by atoms with Gasteiger partial charge in [0.25, 0.3) is 5.56 Å². The molecule has 2 N–H and O–H groups in total. The molecular formula is C20H21N5O2. The number of ether oxygens (including phenoxy) is 1. The molecule has 0 amide bonds. The van der Waals surface area contributed by atoms with E-state index >= 15 is 0 Å². The zero-order chi connectivity index (χ0) is 18.8. The fraction of sp³-hybridized carbons (Fsp3) is 0.250. The van der Waals surface area contributed by atoms with E-state index in [2.05, 4.69) is 15.3 Å². The lowest BCUT2D eigenvalue weighted by Gasteiger charge is -2.08. The first-order chi connectivity index (χ1) is 13.2. The Morgan fingerprint density at radius 1 is 1.22 bits per heavy atom. The first kappa shape index (κ1) is 17.1. The molecule has 7 nitrogen and oxygen atoms in total. The largest absolute Gasteiger partial charge is 0.496 e. The van der Waals surface area contributed by atoms with Crippen LogP contribution in [0.25, 0.3) is 16.8 Å². The highest BCUT2D eigenvalue weighted by atomic mass is 16.5. The second kappa shape index (κ2) is 7.11. The van der Waals surface area contributed by atoms with Gasteiger partial charge in [-0.25, -0.2) is 9.50 Å². The molecule has 138 valence electrons. The van der Waals surface area contributed by atoms with Gasteiger partial charge < -0.3 is 4.74 Å². The molecule has 4 rings (SSSR count). The molecule has 0 aliphatic rings. The summed E-state index contributed by atoms with van der Waals surface area (Å²) in [6.45, 7) is 1.94. The minimum atomic E-state index is -0.109. The number of fused-ring (bicyclic) bond motifs is 1. The van der Waals surface area contributed by atoms with Crippen LogP contribution < -0.4 is 10.3 Å². The van der Waals surface area contributed by atoms with Crippen molar-refractivity contribution in [3.8, 4) is 16.9 Å². The van der Waals surface area contributed by atoms with Crippen molar-refractivity contribution in [2.24, 2.45) is 0 Å². The number of aromatic amines is 2. The molecule has 0 fully saturated rings. The molecule has 0 atom stereocenters. The number of methoxy groups -OCH3 is 1. The number of rotatable bonds is 6. The van der Waals surface area contributed by atoms with Crippen molar-refractivity contribution < 1.29 is 4.74 Å². The van der Waals surface area contributed by atoms with Crippen molar-refractivity contribution in [3.63, 3.8) is 0 Å². The van der Waals surface area contributed by atoms with Crippen LogP contribution in [0.1, 0.15) is 23.4 Å². The fourth-order valence-electron chi connectivity index (χ4n) is 3.39. The van der Waals surface area contributed by atoms with Crippen molar-refractivity contribution in [1.29, 1.82) is 0 Å². The highest BCUT2D eigenvalue weighted by molar-refractivity contribution is 5.83.